The van der Waals surface area contributed by atoms with Gasteiger partial charge in [0, 0.05) is 86.6 Å². The normalized spacial score (nSPS) is 21.3. The first-order valence-electron chi connectivity index (χ1n) is 30.9. The third-order valence-electron chi connectivity index (χ3n) is 15.0. The molecule has 1 saturated heterocycles. The van der Waals surface area contributed by atoms with Crippen LogP contribution in [0.4, 0.5) is 0 Å². The number of nitrogens with two attached hydrogens (primary N) is 4. The average Bonchev–Trinajstić information content (AvgIpc) is 1.73. The van der Waals surface area contributed by atoms with Gasteiger partial charge in [-0.15, -0.1) is 0 Å². The van der Waals surface area contributed by atoms with Gasteiger partial charge in [0.15, 0.2) is 5.96 Å². The van der Waals surface area contributed by atoms with E-state index in [0.717, 1.165) is 21.6 Å². The lowest BCUT2D eigenvalue weighted by Crippen LogP contribution is -2.61. The summed E-state index contributed by atoms with van der Waals surface area (Å²) in [5.74, 6) is -14.9. The van der Waals surface area contributed by atoms with Crippen molar-refractivity contribution in [3.8, 4) is 11.5 Å². The first kappa shape index (κ1) is 77.5. The minimum Gasteiger partial charge on any atom is -0.508 e. The number of aliphatic imine (C=N–C) groups is 1. The van der Waals surface area contributed by atoms with E-state index < -0.39 is 195 Å². The minimum absolute atomic E-state index is 0.0164. The number of carboxylic acids is 1. The van der Waals surface area contributed by atoms with E-state index in [1.165, 1.54) is 48.5 Å². The topological polar surface area (TPSA) is 555 Å². The molecule has 0 spiro atoms. The molecular weight excluding hydrogens is 1300 g/mol. The Bertz CT molecular complexity index is 3460. The van der Waals surface area contributed by atoms with E-state index in [9.17, 15) is 82.8 Å². The highest BCUT2D eigenvalue weighted by atomic mass is 33.1. The summed E-state index contributed by atoms with van der Waals surface area (Å²) in [7, 11) is 1.69. The predicted octanol–water partition coefficient (Wildman–Crippen LogP) is -3.42. The van der Waals surface area contributed by atoms with Gasteiger partial charge in [0.1, 0.15) is 65.9 Å². The van der Waals surface area contributed by atoms with Crippen LogP contribution in [0, 0.1) is 5.92 Å². The largest absolute Gasteiger partial charge is 0.508 e. The number of carboxylic acid groups (broad SMARTS) is 1. The molecule has 526 valence electrons. The summed E-state index contributed by atoms with van der Waals surface area (Å²) in [5.41, 5.74) is 24.3. The maximum absolute atomic E-state index is 14.8. The number of carbonyl (C=O) groups excluding carboxylic acids is 12. The zero-order valence-electron chi connectivity index (χ0n) is 53.3. The number of primary amides is 2. The lowest BCUT2D eigenvalue weighted by molar-refractivity contribution is -0.138. The number of guanidine groups is 1. The van der Waals surface area contributed by atoms with Crippen LogP contribution in [-0.4, -0.2) is 194 Å². The summed E-state index contributed by atoms with van der Waals surface area (Å²) in [5, 5.41) is 65.7. The number of benzene rings is 3. The number of hydrogen-bond donors (Lipinski definition) is 19. The van der Waals surface area contributed by atoms with Crippen LogP contribution in [0.15, 0.2) is 84.0 Å². The van der Waals surface area contributed by atoms with Crippen molar-refractivity contribution in [3.63, 3.8) is 0 Å². The van der Waals surface area contributed by atoms with E-state index in [2.05, 4.69) is 63.1 Å². The standard InChI is InChI=1S/C62H84N16O17S2/c1-32(2)52-61(95)75-44(27-34-11-15-37(81)16-12-34)58(92)72-40(8-5-23-68-62(65)66)54(88)67-24-21-49(83)70-41(17-19-48(63)82)55(89)74-45(28-35-29-69-39-7-4-3-6-38(35)39)59(93)73-42(18-20-51(85)86)56(90)76-46(53(64)87)30-96-97-31-47(60(94)78-52)77-57(91)43(71-50(84)22-25-79)26-33-9-13-36(80)14-10-33/h3-4,6-7,9-16,29,32,40-47,52,69,79-81H,5,8,17-28,30-31H2,1-2H3,(H2,63,82)(H2,64,87)(H,67,88)(H,70,83)(H,71,84)(H,72,92)(H,73,93)(H,74,89)(H,75,95)(H,76,90)(H,77,91)(H,78,94)(H,85,86)(H4,65,66,68)/t40-,41-,42-,43-,44-,45-,46+,47-,52-/m0/s1. The Balaban J connectivity index is 1.59. The van der Waals surface area contributed by atoms with Crippen LogP contribution in [0.2, 0.25) is 0 Å². The summed E-state index contributed by atoms with van der Waals surface area (Å²) in [6, 6.07) is 4.10. The van der Waals surface area contributed by atoms with Gasteiger partial charge in [-0.2, -0.15) is 0 Å². The number of rotatable bonds is 23. The number of aromatic amines is 1. The zero-order valence-corrected chi connectivity index (χ0v) is 54.9. The second kappa shape index (κ2) is 39.0. The molecule has 0 aliphatic carbocycles. The molecule has 2 heterocycles. The molecule has 0 unspecified atom stereocenters. The second-order valence-electron chi connectivity index (χ2n) is 23.0. The van der Waals surface area contributed by atoms with Crippen LogP contribution in [0.5, 0.6) is 11.5 Å². The number of aromatic hydroxyl groups is 2. The number of aliphatic carboxylic acids is 1. The van der Waals surface area contributed by atoms with Crippen molar-refractivity contribution >= 4 is 115 Å². The van der Waals surface area contributed by atoms with E-state index >= 15 is 0 Å². The number of phenols is 2. The van der Waals surface area contributed by atoms with Crippen molar-refractivity contribution in [1.29, 1.82) is 0 Å². The Hall–Kier alpha value is -10.2. The van der Waals surface area contributed by atoms with Crippen molar-refractivity contribution in [2.75, 3.05) is 31.2 Å². The maximum atomic E-state index is 14.8. The molecule has 3 aromatic carbocycles. The number of fused-ring (bicyclic) bond motifs is 1. The number of H-pyrrole nitrogens is 1. The summed E-state index contributed by atoms with van der Waals surface area (Å²) in [6.45, 7) is 2.07. The third kappa shape index (κ3) is 26.5. The molecule has 1 aliphatic heterocycles. The lowest BCUT2D eigenvalue weighted by atomic mass is 10.00. The molecule has 97 heavy (non-hydrogen) atoms. The monoisotopic (exact) mass is 1390 g/mol. The van der Waals surface area contributed by atoms with Crippen LogP contribution in [0.3, 0.4) is 0 Å². The third-order valence-corrected chi connectivity index (χ3v) is 17.5. The molecular formula is C62H84N16O17S2. The van der Waals surface area contributed by atoms with E-state index in [0.29, 0.717) is 27.6 Å². The molecule has 0 radical (unpaired) electrons. The molecule has 5 rings (SSSR count). The molecule has 1 fully saturated rings. The first-order valence-corrected chi connectivity index (χ1v) is 33.4. The maximum Gasteiger partial charge on any atom is 0.303 e. The number of para-hydroxylation sites is 1. The molecule has 0 saturated carbocycles. The molecule has 0 bridgehead atoms. The second-order valence-corrected chi connectivity index (χ2v) is 25.6. The fraction of sp³-hybridized carbons (Fsp3) is 0.452. The van der Waals surface area contributed by atoms with Gasteiger partial charge in [0.05, 0.1) is 6.61 Å². The van der Waals surface area contributed by atoms with Crippen LogP contribution in [0.25, 0.3) is 10.9 Å². The number of nitrogens with one attached hydrogen (secondary N) is 11. The van der Waals surface area contributed by atoms with Gasteiger partial charge >= 0.3 is 5.97 Å². The predicted molar refractivity (Wildman–Crippen MR) is 356 cm³/mol. The van der Waals surface area contributed by atoms with Gasteiger partial charge in [0.25, 0.3) is 0 Å². The van der Waals surface area contributed by atoms with Crippen molar-refractivity contribution < 1.29 is 82.8 Å². The summed E-state index contributed by atoms with van der Waals surface area (Å²) < 4.78 is 0. The summed E-state index contributed by atoms with van der Waals surface area (Å²) in [4.78, 5) is 187. The number of phenolic OH excluding ortho intramolecular Hbond substituents is 2. The fourth-order valence-corrected chi connectivity index (χ4v) is 12.2. The van der Waals surface area contributed by atoms with Crippen molar-refractivity contribution in [2.24, 2.45) is 33.8 Å². The molecule has 33 nitrogen and oxygen atoms in total. The molecule has 23 N–H and O–H groups in total. The number of nitrogens with zero attached hydrogens (tertiary/aromatic N) is 1. The molecule has 1 aromatic heterocycles. The Labute approximate surface area is 564 Å². The number of aliphatic hydroxyl groups excluding tert-OH is 1. The van der Waals surface area contributed by atoms with Crippen molar-refractivity contribution in [2.45, 2.75) is 139 Å². The zero-order chi connectivity index (χ0) is 71.3. The van der Waals surface area contributed by atoms with Crippen LogP contribution in [-0.2, 0) is 81.6 Å². The molecule has 9 atom stereocenters. The van der Waals surface area contributed by atoms with Gasteiger partial charge in [-0.3, -0.25) is 67.3 Å². The number of hydrogen-bond acceptors (Lipinski definition) is 19. The Morgan fingerprint density at radius 1 is 0.629 bits per heavy atom. The quantitative estimate of drug-likeness (QED) is 0.0149. The number of carbonyl (C=O) groups is 13. The smallest absolute Gasteiger partial charge is 0.303 e. The Kier molecular flexibility index (Phi) is 31.2. The molecule has 4 aromatic rings. The molecule has 1 aliphatic rings. The molecule has 12 amide bonds. The Morgan fingerprint density at radius 2 is 1.20 bits per heavy atom. The van der Waals surface area contributed by atoms with E-state index in [4.69, 9.17) is 22.9 Å². The molecule has 35 heteroatoms. The average molecular weight is 1390 g/mol. The van der Waals surface area contributed by atoms with Gasteiger partial charge in [-0.1, -0.05) is 77.9 Å². The van der Waals surface area contributed by atoms with Crippen molar-refractivity contribution in [3.05, 3.63) is 95.7 Å². The highest BCUT2D eigenvalue weighted by Crippen LogP contribution is 2.25. The van der Waals surface area contributed by atoms with Crippen LogP contribution >= 0.6 is 21.6 Å². The van der Waals surface area contributed by atoms with Crippen LogP contribution in [0.1, 0.15) is 81.9 Å². The SMILES string of the molecule is CC(C)[C@@H]1NC(=O)[C@@H](NC(=O)[C@H](Cc2ccc(O)cc2)NC(=O)CCO)CSSC[C@H](C(N)=O)NC(=O)[C@H](CCC(=O)O)NC(=O)[C@H](Cc2c[nH]c3ccccc23)NC(=O)[C@H](CCC(N)=O)NC(=O)CCNC(=O)[C@H](CCCN=C(N)N)NC(=O)[C@H](Cc2ccc(O)cc2)NC1=O. The highest BCUT2D eigenvalue weighted by molar-refractivity contribution is 8.76. The van der Waals surface area contributed by atoms with Gasteiger partial charge < -0.3 is 102 Å². The van der Waals surface area contributed by atoms with E-state index in [1.54, 1.807) is 44.3 Å². The summed E-state index contributed by atoms with van der Waals surface area (Å²) >= 11 is 0. The van der Waals surface area contributed by atoms with Gasteiger partial charge in [-0.25, -0.2) is 0 Å². The van der Waals surface area contributed by atoms with Crippen LogP contribution < -0.4 is 76.1 Å². The highest BCUT2D eigenvalue weighted by Gasteiger charge is 2.37. The van der Waals surface area contributed by atoms with E-state index in [-0.39, 0.29) is 61.9 Å². The summed E-state index contributed by atoms with van der Waals surface area (Å²) in [6.07, 6.45) is -2.36. The fourth-order valence-electron chi connectivity index (χ4n) is 9.83. The Morgan fingerprint density at radius 3 is 1.81 bits per heavy atom. The van der Waals surface area contributed by atoms with Crippen molar-refractivity contribution in [1.82, 2.24) is 58.2 Å². The first-order chi connectivity index (χ1) is 46.1. The van der Waals surface area contributed by atoms with Gasteiger partial charge in [-0.05, 0) is 78.6 Å². The minimum atomic E-state index is -1.73. The van der Waals surface area contributed by atoms with Gasteiger partial charge in [0.2, 0.25) is 70.9 Å². The number of aromatic nitrogens is 1. The lowest BCUT2D eigenvalue weighted by Gasteiger charge is -2.29. The number of amides is 12. The van der Waals surface area contributed by atoms with E-state index in [1.807, 2.05) is 0 Å². The number of aliphatic hydroxyl groups is 1.